The summed E-state index contributed by atoms with van der Waals surface area (Å²) in [5.41, 5.74) is 13.4. The Labute approximate surface area is 124 Å². The minimum absolute atomic E-state index is 0.363. The maximum absolute atomic E-state index is 6.05. The number of nitrogens with zero attached hydrogens (tertiary/aromatic N) is 1. The van der Waals surface area contributed by atoms with Crippen molar-refractivity contribution in [2.45, 2.75) is 20.8 Å². The Morgan fingerprint density at radius 3 is 2.10 bits per heavy atom. The van der Waals surface area contributed by atoms with Crippen molar-refractivity contribution in [1.82, 2.24) is 5.16 Å². The molecular formula is C18H18N2O. The number of rotatable bonds is 2. The smallest absolute Gasteiger partial charge is 0.230 e. The Hall–Kier alpha value is -2.55. The van der Waals surface area contributed by atoms with E-state index < -0.39 is 0 Å². The largest absolute Gasteiger partial charge is 0.367 e. The molecule has 106 valence electrons. The van der Waals surface area contributed by atoms with Crippen molar-refractivity contribution in [3.8, 4) is 22.4 Å². The fourth-order valence-electron chi connectivity index (χ4n) is 2.78. The molecule has 0 aliphatic carbocycles. The molecule has 0 aliphatic heterocycles. The molecule has 2 aromatic carbocycles. The molecule has 0 bridgehead atoms. The maximum Gasteiger partial charge on any atom is 0.230 e. The molecule has 0 saturated heterocycles. The highest BCUT2D eigenvalue weighted by atomic mass is 16.5. The van der Waals surface area contributed by atoms with Gasteiger partial charge >= 0.3 is 0 Å². The zero-order chi connectivity index (χ0) is 15.0. The lowest BCUT2D eigenvalue weighted by atomic mass is 9.93. The third kappa shape index (κ3) is 2.21. The first-order valence-electron chi connectivity index (χ1n) is 6.97. The quantitative estimate of drug-likeness (QED) is 0.750. The molecule has 2 N–H and O–H groups in total. The van der Waals surface area contributed by atoms with Gasteiger partial charge in [-0.25, -0.2) is 0 Å². The summed E-state index contributed by atoms with van der Waals surface area (Å²) in [6.07, 6.45) is 0. The molecule has 3 heteroatoms. The van der Waals surface area contributed by atoms with Crippen LogP contribution in [0.3, 0.4) is 0 Å². The zero-order valence-electron chi connectivity index (χ0n) is 12.5. The number of hydrogen-bond acceptors (Lipinski definition) is 3. The van der Waals surface area contributed by atoms with Crippen molar-refractivity contribution >= 4 is 5.88 Å². The molecule has 1 aromatic heterocycles. The zero-order valence-corrected chi connectivity index (χ0v) is 12.5. The van der Waals surface area contributed by atoms with E-state index >= 15 is 0 Å². The van der Waals surface area contributed by atoms with Crippen LogP contribution in [0.5, 0.6) is 0 Å². The normalized spacial score (nSPS) is 10.8. The van der Waals surface area contributed by atoms with Gasteiger partial charge in [0.15, 0.2) is 0 Å². The first kappa shape index (κ1) is 13.4. The summed E-state index contributed by atoms with van der Waals surface area (Å²) in [5.74, 6) is 0.363. The average Bonchev–Trinajstić information content (AvgIpc) is 2.81. The Bertz CT molecular complexity index is 782. The molecule has 21 heavy (non-hydrogen) atoms. The molecule has 0 fully saturated rings. The van der Waals surface area contributed by atoms with E-state index in [0.717, 1.165) is 39.1 Å². The highest BCUT2D eigenvalue weighted by Crippen LogP contribution is 2.39. The first-order chi connectivity index (χ1) is 10.1. The number of aryl methyl sites for hydroxylation is 3. The molecule has 0 spiro atoms. The number of aromatic nitrogens is 1. The summed E-state index contributed by atoms with van der Waals surface area (Å²) in [6, 6.07) is 14.3. The summed E-state index contributed by atoms with van der Waals surface area (Å²) in [5, 5.41) is 4.23. The van der Waals surface area contributed by atoms with Crippen molar-refractivity contribution in [2.75, 3.05) is 5.73 Å². The van der Waals surface area contributed by atoms with Gasteiger partial charge in [0.25, 0.3) is 0 Å². The van der Waals surface area contributed by atoms with Gasteiger partial charge < -0.3 is 10.3 Å². The molecular weight excluding hydrogens is 260 g/mol. The van der Waals surface area contributed by atoms with Crippen LogP contribution in [0, 0.1) is 20.8 Å². The van der Waals surface area contributed by atoms with Gasteiger partial charge in [-0.05, 0) is 43.0 Å². The van der Waals surface area contributed by atoms with E-state index in [1.807, 2.05) is 18.2 Å². The van der Waals surface area contributed by atoms with Gasteiger partial charge in [-0.15, -0.1) is 0 Å². The van der Waals surface area contributed by atoms with Gasteiger partial charge in [0.05, 0.1) is 5.56 Å². The highest BCUT2D eigenvalue weighted by Gasteiger charge is 2.21. The molecule has 0 saturated carbocycles. The summed E-state index contributed by atoms with van der Waals surface area (Å²) in [6.45, 7) is 6.22. The van der Waals surface area contributed by atoms with Crippen LogP contribution in [-0.4, -0.2) is 5.16 Å². The fraction of sp³-hybridized carbons (Fsp3) is 0.167. The number of benzene rings is 2. The van der Waals surface area contributed by atoms with Crippen molar-refractivity contribution in [1.29, 1.82) is 0 Å². The van der Waals surface area contributed by atoms with E-state index in [1.165, 1.54) is 0 Å². The summed E-state index contributed by atoms with van der Waals surface area (Å²) < 4.78 is 5.30. The summed E-state index contributed by atoms with van der Waals surface area (Å²) in [4.78, 5) is 0. The molecule has 3 nitrogen and oxygen atoms in total. The number of hydrogen-bond donors (Lipinski definition) is 1. The van der Waals surface area contributed by atoms with Gasteiger partial charge in [0, 0.05) is 5.56 Å². The lowest BCUT2D eigenvalue weighted by Gasteiger charge is -2.10. The van der Waals surface area contributed by atoms with E-state index in [0.29, 0.717) is 5.88 Å². The van der Waals surface area contributed by atoms with Crippen LogP contribution >= 0.6 is 0 Å². The third-order valence-electron chi connectivity index (χ3n) is 3.85. The molecule has 0 radical (unpaired) electrons. The Balaban J connectivity index is 2.31. The number of anilines is 1. The van der Waals surface area contributed by atoms with Gasteiger partial charge in [-0.2, -0.15) is 0 Å². The second-order valence-electron chi connectivity index (χ2n) is 5.35. The molecule has 0 aliphatic rings. The van der Waals surface area contributed by atoms with Crippen molar-refractivity contribution in [2.24, 2.45) is 0 Å². The van der Waals surface area contributed by atoms with Crippen LogP contribution in [0.4, 0.5) is 5.88 Å². The lowest BCUT2D eigenvalue weighted by Crippen LogP contribution is -1.93. The van der Waals surface area contributed by atoms with Crippen LogP contribution in [0.2, 0.25) is 0 Å². The lowest BCUT2D eigenvalue weighted by molar-refractivity contribution is 0.439. The fourth-order valence-corrected chi connectivity index (χ4v) is 2.78. The summed E-state index contributed by atoms with van der Waals surface area (Å²) >= 11 is 0. The molecule has 0 atom stereocenters. The van der Waals surface area contributed by atoms with Crippen molar-refractivity contribution < 1.29 is 4.52 Å². The number of nitrogen functional groups attached to an aromatic ring is 1. The van der Waals surface area contributed by atoms with Gasteiger partial charge in [-0.3, -0.25) is 0 Å². The molecule has 3 aromatic rings. The maximum atomic E-state index is 6.05. The third-order valence-corrected chi connectivity index (χ3v) is 3.85. The molecule has 3 rings (SSSR count). The van der Waals surface area contributed by atoms with Crippen LogP contribution < -0.4 is 5.73 Å². The van der Waals surface area contributed by atoms with Crippen LogP contribution in [0.25, 0.3) is 22.4 Å². The molecule has 1 heterocycles. The van der Waals surface area contributed by atoms with Crippen LogP contribution in [-0.2, 0) is 0 Å². The summed E-state index contributed by atoms with van der Waals surface area (Å²) in [7, 11) is 0. The predicted molar refractivity (Wildman–Crippen MR) is 86.0 cm³/mol. The molecule has 0 amide bonds. The van der Waals surface area contributed by atoms with Crippen LogP contribution in [0.1, 0.15) is 16.7 Å². The standard InChI is InChI=1S/C18H18N2O/c1-11-7-4-5-10-14(11)16-17(20-21-18(16)19)15-12(2)8-6-9-13(15)3/h4-10H,19H2,1-3H3. The number of nitrogens with two attached hydrogens (primary N) is 1. The Kier molecular flexibility index (Phi) is 3.26. The molecule has 0 unspecified atom stereocenters. The highest BCUT2D eigenvalue weighted by molar-refractivity contribution is 5.89. The van der Waals surface area contributed by atoms with E-state index in [2.05, 4.69) is 50.2 Å². The monoisotopic (exact) mass is 278 g/mol. The van der Waals surface area contributed by atoms with E-state index in [4.69, 9.17) is 10.3 Å². The Morgan fingerprint density at radius 2 is 1.43 bits per heavy atom. The van der Waals surface area contributed by atoms with Gasteiger partial charge in [0.1, 0.15) is 5.69 Å². The minimum atomic E-state index is 0.363. The SMILES string of the molecule is Cc1ccccc1-c1c(-c2c(C)cccc2C)noc1N. The van der Waals surface area contributed by atoms with Crippen molar-refractivity contribution in [3.05, 3.63) is 59.2 Å². The average molecular weight is 278 g/mol. The van der Waals surface area contributed by atoms with Crippen molar-refractivity contribution in [3.63, 3.8) is 0 Å². The van der Waals surface area contributed by atoms with E-state index in [-0.39, 0.29) is 0 Å². The van der Waals surface area contributed by atoms with Gasteiger partial charge in [0.2, 0.25) is 5.88 Å². The minimum Gasteiger partial charge on any atom is -0.367 e. The van der Waals surface area contributed by atoms with E-state index in [9.17, 15) is 0 Å². The van der Waals surface area contributed by atoms with E-state index in [1.54, 1.807) is 0 Å². The Morgan fingerprint density at radius 1 is 0.810 bits per heavy atom. The second kappa shape index (κ2) is 5.09. The van der Waals surface area contributed by atoms with Gasteiger partial charge in [-0.1, -0.05) is 47.6 Å². The topological polar surface area (TPSA) is 52.0 Å². The first-order valence-corrected chi connectivity index (χ1v) is 6.97. The second-order valence-corrected chi connectivity index (χ2v) is 5.35. The van der Waals surface area contributed by atoms with Crippen LogP contribution in [0.15, 0.2) is 47.0 Å². The predicted octanol–water partition coefficient (Wildman–Crippen LogP) is 4.52.